The van der Waals surface area contributed by atoms with Gasteiger partial charge in [0.15, 0.2) is 0 Å². The minimum absolute atomic E-state index is 0.170. The van der Waals surface area contributed by atoms with Crippen LogP contribution in [-0.2, 0) is 14.3 Å². The number of carbonyl (C=O) groups excluding carboxylic acids is 2. The quantitative estimate of drug-likeness (QED) is 0.650. The zero-order valence-corrected chi connectivity index (χ0v) is 11.6. The van der Waals surface area contributed by atoms with Crippen LogP contribution in [0.25, 0.3) is 0 Å². The van der Waals surface area contributed by atoms with Gasteiger partial charge in [-0.1, -0.05) is 6.07 Å². The molecular formula is C13H19N3O4. The third kappa shape index (κ3) is 6.17. The first-order chi connectivity index (χ1) is 9.65. The Morgan fingerprint density at radius 2 is 1.85 bits per heavy atom. The zero-order chi connectivity index (χ0) is 14.8. The Balaban J connectivity index is 2.45. The molecule has 0 unspecified atom stereocenters. The average Bonchev–Trinajstić information content (AvgIpc) is 2.44. The number of rotatable bonds is 7. The number of benzene rings is 1. The highest BCUT2D eigenvalue weighted by molar-refractivity contribution is 5.93. The lowest BCUT2D eigenvalue weighted by molar-refractivity contribution is -0.115. The highest BCUT2D eigenvalue weighted by atomic mass is 16.5. The Kier molecular flexibility index (Phi) is 7.08. The summed E-state index contributed by atoms with van der Waals surface area (Å²) < 4.78 is 9.35. The van der Waals surface area contributed by atoms with Gasteiger partial charge in [0.1, 0.15) is 0 Å². The third-order valence-electron chi connectivity index (χ3n) is 2.35. The second-order valence-corrected chi connectivity index (χ2v) is 3.92. The van der Waals surface area contributed by atoms with Crippen LogP contribution >= 0.6 is 0 Å². The van der Waals surface area contributed by atoms with E-state index in [0.29, 0.717) is 24.5 Å². The van der Waals surface area contributed by atoms with Crippen molar-refractivity contribution in [1.29, 1.82) is 0 Å². The summed E-state index contributed by atoms with van der Waals surface area (Å²) in [6.07, 6.45) is -0.560. The molecule has 0 bridgehead atoms. The zero-order valence-electron chi connectivity index (χ0n) is 11.6. The van der Waals surface area contributed by atoms with Crippen LogP contribution in [0.4, 0.5) is 16.2 Å². The van der Waals surface area contributed by atoms with Crippen molar-refractivity contribution in [2.24, 2.45) is 0 Å². The van der Waals surface area contributed by atoms with E-state index in [9.17, 15) is 9.59 Å². The molecule has 0 radical (unpaired) electrons. The molecule has 0 aliphatic carbocycles. The molecule has 0 heterocycles. The minimum atomic E-state index is -0.560. The first-order valence-corrected chi connectivity index (χ1v) is 6.10. The summed E-state index contributed by atoms with van der Waals surface area (Å²) in [5.41, 5.74) is 1.14. The first kappa shape index (κ1) is 15.9. The van der Waals surface area contributed by atoms with Gasteiger partial charge in [0.05, 0.1) is 20.3 Å². The molecule has 1 aromatic carbocycles. The highest BCUT2D eigenvalue weighted by Gasteiger charge is 2.04. The summed E-state index contributed by atoms with van der Waals surface area (Å²) >= 11 is 0. The lowest BCUT2D eigenvalue weighted by atomic mass is 10.2. The molecule has 0 saturated carbocycles. The predicted octanol–water partition coefficient (Wildman–Crippen LogP) is 1.04. The number of anilines is 2. The minimum Gasteiger partial charge on any atom is -0.453 e. The fourth-order valence-electron chi connectivity index (χ4n) is 1.42. The first-order valence-electron chi connectivity index (χ1n) is 6.10. The molecule has 1 rings (SSSR count). The van der Waals surface area contributed by atoms with Crippen LogP contribution in [0.1, 0.15) is 0 Å². The lowest BCUT2D eigenvalue weighted by Gasteiger charge is -2.08. The molecule has 0 spiro atoms. The van der Waals surface area contributed by atoms with Gasteiger partial charge in [0, 0.05) is 25.0 Å². The van der Waals surface area contributed by atoms with Crippen molar-refractivity contribution >= 4 is 23.4 Å². The van der Waals surface area contributed by atoms with E-state index in [2.05, 4.69) is 20.7 Å². The Labute approximate surface area is 117 Å². The van der Waals surface area contributed by atoms with Crippen molar-refractivity contribution in [3.8, 4) is 0 Å². The van der Waals surface area contributed by atoms with Crippen LogP contribution in [0.3, 0.4) is 0 Å². The van der Waals surface area contributed by atoms with E-state index in [4.69, 9.17) is 4.74 Å². The van der Waals surface area contributed by atoms with E-state index in [1.165, 1.54) is 7.11 Å². The molecular weight excluding hydrogens is 262 g/mol. The smallest absolute Gasteiger partial charge is 0.411 e. The maximum atomic E-state index is 11.6. The fraction of sp³-hybridized carbons (Fsp3) is 0.385. The van der Waals surface area contributed by atoms with Crippen LogP contribution in [0.15, 0.2) is 24.3 Å². The standard InChI is InChI=1S/C13H19N3O4/c1-19-7-6-14-9-12(17)15-10-4-3-5-11(8-10)16-13(18)20-2/h3-5,8,14H,6-7,9H2,1-2H3,(H,15,17)(H,16,18). The molecule has 0 atom stereocenters. The van der Waals surface area contributed by atoms with Crippen molar-refractivity contribution in [3.05, 3.63) is 24.3 Å². The highest BCUT2D eigenvalue weighted by Crippen LogP contribution is 2.15. The summed E-state index contributed by atoms with van der Waals surface area (Å²) in [6.45, 7) is 1.34. The van der Waals surface area contributed by atoms with Gasteiger partial charge in [-0.05, 0) is 18.2 Å². The van der Waals surface area contributed by atoms with Gasteiger partial charge in [-0.3, -0.25) is 10.1 Å². The number of ether oxygens (including phenoxy) is 2. The maximum absolute atomic E-state index is 11.6. The van der Waals surface area contributed by atoms with E-state index in [1.807, 2.05) is 0 Å². The molecule has 3 N–H and O–H groups in total. The lowest BCUT2D eigenvalue weighted by Crippen LogP contribution is -2.30. The van der Waals surface area contributed by atoms with Crippen LogP contribution in [0.2, 0.25) is 0 Å². The molecule has 110 valence electrons. The van der Waals surface area contributed by atoms with E-state index in [1.54, 1.807) is 31.4 Å². The summed E-state index contributed by atoms with van der Waals surface area (Å²) in [5, 5.41) is 8.17. The average molecular weight is 281 g/mol. The van der Waals surface area contributed by atoms with Crippen molar-refractivity contribution in [1.82, 2.24) is 5.32 Å². The van der Waals surface area contributed by atoms with Crippen molar-refractivity contribution < 1.29 is 19.1 Å². The van der Waals surface area contributed by atoms with Crippen molar-refractivity contribution in [3.63, 3.8) is 0 Å². The number of methoxy groups -OCH3 is 2. The molecule has 1 aromatic rings. The van der Waals surface area contributed by atoms with E-state index >= 15 is 0 Å². The molecule has 2 amide bonds. The van der Waals surface area contributed by atoms with E-state index in [-0.39, 0.29) is 12.5 Å². The second kappa shape index (κ2) is 8.89. The van der Waals surface area contributed by atoms with E-state index in [0.717, 1.165) is 0 Å². The molecule has 0 aliphatic heterocycles. The molecule has 20 heavy (non-hydrogen) atoms. The van der Waals surface area contributed by atoms with Gasteiger partial charge in [-0.2, -0.15) is 0 Å². The van der Waals surface area contributed by atoms with Crippen LogP contribution in [0, 0.1) is 0 Å². The summed E-state index contributed by atoms with van der Waals surface area (Å²) in [5.74, 6) is -0.170. The van der Waals surface area contributed by atoms with Crippen molar-refractivity contribution in [2.45, 2.75) is 0 Å². The van der Waals surface area contributed by atoms with Gasteiger partial charge in [-0.25, -0.2) is 4.79 Å². The van der Waals surface area contributed by atoms with Gasteiger partial charge in [0.25, 0.3) is 0 Å². The SMILES string of the molecule is COCCNCC(=O)Nc1cccc(NC(=O)OC)c1. The molecule has 0 aromatic heterocycles. The third-order valence-corrected chi connectivity index (χ3v) is 2.35. The molecule has 0 fully saturated rings. The molecule has 7 nitrogen and oxygen atoms in total. The number of nitrogens with one attached hydrogen (secondary N) is 3. The largest absolute Gasteiger partial charge is 0.453 e. The second-order valence-electron chi connectivity index (χ2n) is 3.92. The van der Waals surface area contributed by atoms with Crippen LogP contribution in [0.5, 0.6) is 0 Å². The Morgan fingerprint density at radius 1 is 1.15 bits per heavy atom. The number of amides is 2. The van der Waals surface area contributed by atoms with Gasteiger partial charge < -0.3 is 20.1 Å². The van der Waals surface area contributed by atoms with Gasteiger partial charge in [0.2, 0.25) is 5.91 Å². The Bertz CT molecular complexity index is 451. The summed E-state index contributed by atoms with van der Waals surface area (Å²) in [4.78, 5) is 22.7. The van der Waals surface area contributed by atoms with E-state index < -0.39 is 6.09 Å². The van der Waals surface area contributed by atoms with Crippen LogP contribution < -0.4 is 16.0 Å². The predicted molar refractivity (Wildman–Crippen MR) is 75.8 cm³/mol. The summed E-state index contributed by atoms with van der Waals surface area (Å²) in [7, 11) is 2.88. The van der Waals surface area contributed by atoms with Gasteiger partial charge >= 0.3 is 6.09 Å². The fourth-order valence-corrected chi connectivity index (χ4v) is 1.42. The Hall–Kier alpha value is -2.12. The van der Waals surface area contributed by atoms with Gasteiger partial charge in [-0.15, -0.1) is 0 Å². The summed E-state index contributed by atoms with van der Waals surface area (Å²) in [6, 6.07) is 6.79. The van der Waals surface area contributed by atoms with Crippen molar-refractivity contribution in [2.75, 3.05) is 44.5 Å². The maximum Gasteiger partial charge on any atom is 0.411 e. The monoisotopic (exact) mass is 281 g/mol. The molecule has 7 heteroatoms. The molecule has 0 saturated heterocycles. The normalized spacial score (nSPS) is 9.90. The molecule has 0 aliphatic rings. The number of carbonyl (C=O) groups is 2. The number of hydrogen-bond donors (Lipinski definition) is 3. The van der Waals surface area contributed by atoms with Crippen LogP contribution in [-0.4, -0.2) is 45.9 Å². The topological polar surface area (TPSA) is 88.7 Å². The number of hydrogen-bond acceptors (Lipinski definition) is 5. The Morgan fingerprint density at radius 3 is 2.50 bits per heavy atom.